The van der Waals surface area contributed by atoms with Crippen molar-refractivity contribution in [1.82, 2.24) is 4.90 Å². The van der Waals surface area contributed by atoms with Crippen LogP contribution < -0.4 is 4.74 Å². The van der Waals surface area contributed by atoms with Crippen LogP contribution in [0, 0.1) is 11.8 Å². The van der Waals surface area contributed by atoms with Crippen LogP contribution in [0.1, 0.15) is 51.0 Å². The van der Waals surface area contributed by atoms with E-state index in [1.54, 1.807) is 0 Å². The summed E-state index contributed by atoms with van der Waals surface area (Å²) in [6.45, 7) is 4.68. The van der Waals surface area contributed by atoms with Gasteiger partial charge in [-0.3, -0.25) is 4.79 Å². The number of rotatable bonds is 6. The average Bonchev–Trinajstić information content (AvgIpc) is 2.53. The highest BCUT2D eigenvalue weighted by Crippen LogP contribution is 2.30. The van der Waals surface area contributed by atoms with Crippen LogP contribution in [0.15, 0.2) is 24.3 Å². The van der Waals surface area contributed by atoms with E-state index < -0.39 is 0 Å². The number of hydrogen-bond acceptors (Lipinski definition) is 2. The SMILES string of the molecule is CCOc1ccc(CCC2CCN(C(=O)C3CCC3)CC2)cc1. The Morgan fingerprint density at radius 2 is 1.83 bits per heavy atom. The average molecular weight is 315 g/mol. The number of nitrogens with zero attached hydrogens (tertiary/aromatic N) is 1. The third-order valence-corrected chi connectivity index (χ3v) is 5.46. The van der Waals surface area contributed by atoms with Gasteiger partial charge in [-0.15, -0.1) is 0 Å². The number of ether oxygens (including phenoxy) is 1. The Bertz CT molecular complexity index is 499. The van der Waals surface area contributed by atoms with Crippen molar-refractivity contribution in [1.29, 1.82) is 0 Å². The molecule has 0 spiro atoms. The lowest BCUT2D eigenvalue weighted by Crippen LogP contribution is -2.43. The first kappa shape index (κ1) is 16.4. The van der Waals surface area contributed by atoms with E-state index in [0.717, 1.165) is 50.6 Å². The number of amides is 1. The molecule has 3 nitrogen and oxygen atoms in total. The summed E-state index contributed by atoms with van der Waals surface area (Å²) in [5.74, 6) is 2.52. The van der Waals surface area contributed by atoms with E-state index in [0.29, 0.717) is 11.8 Å². The molecule has 0 N–H and O–H groups in total. The van der Waals surface area contributed by atoms with Crippen LogP contribution in [-0.2, 0) is 11.2 Å². The predicted molar refractivity (Wildman–Crippen MR) is 92.6 cm³/mol. The third-order valence-electron chi connectivity index (χ3n) is 5.46. The molecule has 1 amide bonds. The van der Waals surface area contributed by atoms with E-state index in [2.05, 4.69) is 29.2 Å². The second-order valence-corrected chi connectivity index (χ2v) is 7.01. The van der Waals surface area contributed by atoms with Crippen LogP contribution in [0.2, 0.25) is 0 Å². The van der Waals surface area contributed by atoms with Gasteiger partial charge >= 0.3 is 0 Å². The van der Waals surface area contributed by atoms with Crippen molar-refractivity contribution in [2.24, 2.45) is 11.8 Å². The fourth-order valence-electron chi connectivity index (χ4n) is 3.65. The minimum Gasteiger partial charge on any atom is -0.494 e. The molecule has 0 bridgehead atoms. The van der Waals surface area contributed by atoms with Gasteiger partial charge in [-0.1, -0.05) is 18.6 Å². The first-order chi connectivity index (χ1) is 11.3. The lowest BCUT2D eigenvalue weighted by atomic mass is 9.83. The molecule has 1 aliphatic carbocycles. The lowest BCUT2D eigenvalue weighted by molar-refractivity contribution is -0.139. The molecular weight excluding hydrogens is 286 g/mol. The van der Waals surface area contributed by atoms with Crippen molar-refractivity contribution in [3.8, 4) is 5.75 Å². The van der Waals surface area contributed by atoms with E-state index in [9.17, 15) is 4.79 Å². The Morgan fingerprint density at radius 3 is 2.39 bits per heavy atom. The van der Waals surface area contributed by atoms with Crippen molar-refractivity contribution >= 4 is 5.91 Å². The van der Waals surface area contributed by atoms with Crippen LogP contribution in [0.4, 0.5) is 0 Å². The number of likely N-dealkylation sites (tertiary alicyclic amines) is 1. The van der Waals surface area contributed by atoms with Crippen molar-refractivity contribution < 1.29 is 9.53 Å². The molecule has 1 saturated heterocycles. The summed E-state index contributed by atoms with van der Waals surface area (Å²) in [6.07, 6.45) is 8.21. The lowest BCUT2D eigenvalue weighted by Gasteiger charge is -2.36. The molecular formula is C20H29NO2. The Kier molecular flexibility index (Phi) is 5.58. The summed E-state index contributed by atoms with van der Waals surface area (Å²) in [5, 5.41) is 0. The van der Waals surface area contributed by atoms with E-state index in [4.69, 9.17) is 4.74 Å². The summed E-state index contributed by atoms with van der Waals surface area (Å²) < 4.78 is 5.49. The fourth-order valence-corrected chi connectivity index (χ4v) is 3.65. The largest absolute Gasteiger partial charge is 0.494 e. The van der Waals surface area contributed by atoms with Gasteiger partial charge in [-0.2, -0.15) is 0 Å². The molecule has 1 aliphatic heterocycles. The van der Waals surface area contributed by atoms with E-state index in [1.807, 2.05) is 6.92 Å². The van der Waals surface area contributed by atoms with Gasteiger partial charge in [0.25, 0.3) is 0 Å². The third kappa shape index (κ3) is 4.27. The number of aryl methyl sites for hydroxylation is 1. The summed E-state index contributed by atoms with van der Waals surface area (Å²) in [7, 11) is 0. The van der Waals surface area contributed by atoms with Gasteiger partial charge in [-0.05, 0) is 69.1 Å². The molecule has 126 valence electrons. The smallest absolute Gasteiger partial charge is 0.225 e. The number of hydrogen-bond donors (Lipinski definition) is 0. The molecule has 1 heterocycles. The van der Waals surface area contributed by atoms with Gasteiger partial charge in [-0.25, -0.2) is 0 Å². The first-order valence-corrected chi connectivity index (χ1v) is 9.26. The van der Waals surface area contributed by atoms with Crippen LogP contribution in [0.3, 0.4) is 0 Å². The quantitative estimate of drug-likeness (QED) is 0.792. The highest BCUT2D eigenvalue weighted by Gasteiger charge is 2.31. The molecule has 0 aromatic heterocycles. The highest BCUT2D eigenvalue weighted by molar-refractivity contribution is 5.79. The predicted octanol–water partition coefficient (Wildman–Crippen LogP) is 4.06. The zero-order chi connectivity index (χ0) is 16.1. The Balaban J connectivity index is 1.39. The summed E-state index contributed by atoms with van der Waals surface area (Å²) in [4.78, 5) is 14.4. The second kappa shape index (κ2) is 7.85. The minimum atomic E-state index is 0.357. The zero-order valence-corrected chi connectivity index (χ0v) is 14.3. The van der Waals surface area contributed by atoms with Gasteiger partial charge in [0.1, 0.15) is 5.75 Å². The molecule has 3 rings (SSSR count). The van der Waals surface area contributed by atoms with E-state index >= 15 is 0 Å². The normalized spacial score (nSPS) is 19.4. The molecule has 0 radical (unpaired) electrons. The highest BCUT2D eigenvalue weighted by atomic mass is 16.5. The van der Waals surface area contributed by atoms with Crippen LogP contribution >= 0.6 is 0 Å². The zero-order valence-electron chi connectivity index (χ0n) is 14.3. The van der Waals surface area contributed by atoms with Gasteiger partial charge in [0, 0.05) is 19.0 Å². The maximum atomic E-state index is 12.3. The Labute approximate surface area is 140 Å². The second-order valence-electron chi connectivity index (χ2n) is 7.01. The van der Waals surface area contributed by atoms with Crippen LogP contribution in [0.5, 0.6) is 5.75 Å². The first-order valence-electron chi connectivity index (χ1n) is 9.26. The van der Waals surface area contributed by atoms with Crippen LogP contribution in [0.25, 0.3) is 0 Å². The molecule has 1 aromatic carbocycles. The summed E-state index contributed by atoms with van der Waals surface area (Å²) in [5.41, 5.74) is 1.39. The maximum Gasteiger partial charge on any atom is 0.225 e. The molecule has 23 heavy (non-hydrogen) atoms. The molecule has 2 fully saturated rings. The minimum absolute atomic E-state index is 0.357. The van der Waals surface area contributed by atoms with E-state index in [-0.39, 0.29) is 0 Å². The van der Waals surface area contributed by atoms with E-state index in [1.165, 1.54) is 31.2 Å². The fraction of sp³-hybridized carbons (Fsp3) is 0.650. The van der Waals surface area contributed by atoms with Crippen molar-refractivity contribution in [2.45, 2.75) is 51.9 Å². The number of piperidine rings is 1. The standard InChI is InChI=1S/C20H29NO2/c1-2-23-19-10-8-16(9-11-19)6-7-17-12-14-21(15-13-17)20(22)18-4-3-5-18/h8-11,17-18H,2-7,12-15H2,1H3. The molecule has 0 atom stereocenters. The molecule has 1 aromatic rings. The van der Waals surface area contributed by atoms with Crippen molar-refractivity contribution in [2.75, 3.05) is 19.7 Å². The molecule has 1 saturated carbocycles. The number of carbonyl (C=O) groups excluding carboxylic acids is 1. The molecule has 2 aliphatic rings. The Morgan fingerprint density at radius 1 is 1.13 bits per heavy atom. The topological polar surface area (TPSA) is 29.5 Å². The number of benzene rings is 1. The maximum absolute atomic E-state index is 12.3. The molecule has 0 unspecified atom stereocenters. The summed E-state index contributed by atoms with van der Waals surface area (Å²) >= 11 is 0. The van der Waals surface area contributed by atoms with Gasteiger partial charge in [0.15, 0.2) is 0 Å². The summed E-state index contributed by atoms with van der Waals surface area (Å²) in [6, 6.07) is 8.50. The molecule has 3 heteroatoms. The van der Waals surface area contributed by atoms with Crippen molar-refractivity contribution in [3.05, 3.63) is 29.8 Å². The Hall–Kier alpha value is -1.51. The van der Waals surface area contributed by atoms with Crippen LogP contribution in [-0.4, -0.2) is 30.5 Å². The van der Waals surface area contributed by atoms with Gasteiger partial charge < -0.3 is 9.64 Å². The number of carbonyl (C=O) groups is 1. The monoisotopic (exact) mass is 315 g/mol. The van der Waals surface area contributed by atoms with Gasteiger partial charge in [0.2, 0.25) is 5.91 Å². The van der Waals surface area contributed by atoms with Crippen molar-refractivity contribution in [3.63, 3.8) is 0 Å². The van der Waals surface area contributed by atoms with Gasteiger partial charge in [0.05, 0.1) is 6.61 Å².